The number of hydrogen-bond acceptors (Lipinski definition) is 4. The van der Waals surface area contributed by atoms with Gasteiger partial charge in [-0.2, -0.15) is 5.10 Å². The first-order valence-corrected chi connectivity index (χ1v) is 7.14. The smallest absolute Gasteiger partial charge is 0.488 e. The zero-order valence-corrected chi connectivity index (χ0v) is 12.7. The number of hydrogen-bond donors (Lipinski definition) is 2. The molecular formula is C15H21BN2O3. The lowest BCUT2D eigenvalue weighted by Gasteiger charge is -2.08. The quantitative estimate of drug-likeness (QED) is 0.772. The van der Waals surface area contributed by atoms with Crippen LogP contribution in [0.3, 0.4) is 0 Å². The monoisotopic (exact) mass is 288 g/mol. The fourth-order valence-corrected chi connectivity index (χ4v) is 2.45. The molecule has 1 aromatic carbocycles. The van der Waals surface area contributed by atoms with Crippen molar-refractivity contribution in [3.05, 3.63) is 41.2 Å². The van der Waals surface area contributed by atoms with Gasteiger partial charge in [-0.3, -0.25) is 4.68 Å². The van der Waals surface area contributed by atoms with E-state index in [4.69, 9.17) is 14.8 Å². The fraction of sp³-hybridized carbons (Fsp3) is 0.400. The molecule has 0 unspecified atom stereocenters. The third kappa shape index (κ3) is 3.65. The van der Waals surface area contributed by atoms with E-state index in [-0.39, 0.29) is 0 Å². The highest BCUT2D eigenvalue weighted by molar-refractivity contribution is 6.58. The highest BCUT2D eigenvalue weighted by Gasteiger charge is 2.11. The van der Waals surface area contributed by atoms with Crippen LogP contribution >= 0.6 is 0 Å². The topological polar surface area (TPSA) is 67.5 Å². The highest BCUT2D eigenvalue weighted by atomic mass is 16.5. The predicted molar refractivity (Wildman–Crippen MR) is 82.8 cm³/mol. The first-order chi connectivity index (χ1) is 10.0. The van der Waals surface area contributed by atoms with Crippen molar-refractivity contribution in [2.24, 2.45) is 0 Å². The van der Waals surface area contributed by atoms with Crippen molar-refractivity contribution in [3.63, 3.8) is 0 Å². The van der Waals surface area contributed by atoms with Gasteiger partial charge in [-0.1, -0.05) is 19.1 Å². The summed E-state index contributed by atoms with van der Waals surface area (Å²) in [5.74, 6) is 0.705. The van der Waals surface area contributed by atoms with Crippen LogP contribution in [0.15, 0.2) is 24.3 Å². The van der Waals surface area contributed by atoms with Crippen LogP contribution in [0.2, 0.25) is 0 Å². The maximum atomic E-state index is 9.02. The largest absolute Gasteiger partial charge is 0.492 e. The van der Waals surface area contributed by atoms with Crippen LogP contribution in [0.1, 0.15) is 23.9 Å². The molecule has 0 aliphatic carbocycles. The summed E-state index contributed by atoms with van der Waals surface area (Å²) < 4.78 is 7.63. The lowest BCUT2D eigenvalue weighted by Crippen LogP contribution is -2.29. The standard InChI is InChI=1S/C15H21BN2O3/c1-4-15-11(2)17-18(12(15)3)9-10-21-14-7-5-13(6-8-14)16(19)20/h5-8,19-20H,4,9-10H2,1-3H3. The van der Waals surface area contributed by atoms with Crippen molar-refractivity contribution in [3.8, 4) is 5.75 Å². The maximum Gasteiger partial charge on any atom is 0.488 e. The molecule has 0 aliphatic rings. The Morgan fingerprint density at radius 3 is 2.38 bits per heavy atom. The Bertz CT molecular complexity index is 594. The Kier molecular flexibility index (Phi) is 5.04. The predicted octanol–water partition coefficient (Wildman–Crippen LogP) is 0.821. The Morgan fingerprint density at radius 2 is 1.86 bits per heavy atom. The van der Waals surface area contributed by atoms with Gasteiger partial charge in [-0.25, -0.2) is 0 Å². The van der Waals surface area contributed by atoms with Crippen LogP contribution in [-0.2, 0) is 13.0 Å². The molecular weight excluding hydrogens is 267 g/mol. The van der Waals surface area contributed by atoms with E-state index in [1.54, 1.807) is 24.3 Å². The van der Waals surface area contributed by atoms with E-state index < -0.39 is 7.12 Å². The van der Waals surface area contributed by atoms with Crippen molar-refractivity contribution in [2.45, 2.75) is 33.7 Å². The molecule has 1 heterocycles. The molecule has 6 heteroatoms. The third-order valence-electron chi connectivity index (χ3n) is 3.63. The van der Waals surface area contributed by atoms with E-state index in [9.17, 15) is 0 Å². The van der Waals surface area contributed by atoms with Crippen molar-refractivity contribution in [2.75, 3.05) is 6.61 Å². The zero-order valence-electron chi connectivity index (χ0n) is 12.7. The highest BCUT2D eigenvalue weighted by Crippen LogP contribution is 2.14. The van der Waals surface area contributed by atoms with E-state index in [2.05, 4.69) is 18.9 Å². The van der Waals surface area contributed by atoms with E-state index in [0.29, 0.717) is 24.4 Å². The first-order valence-electron chi connectivity index (χ1n) is 7.14. The van der Waals surface area contributed by atoms with Crippen molar-refractivity contribution in [1.29, 1.82) is 0 Å². The average Bonchev–Trinajstić information content (AvgIpc) is 2.73. The summed E-state index contributed by atoms with van der Waals surface area (Å²) in [4.78, 5) is 0. The number of nitrogens with zero attached hydrogens (tertiary/aromatic N) is 2. The number of ether oxygens (including phenoxy) is 1. The van der Waals surface area contributed by atoms with Crippen LogP contribution < -0.4 is 10.2 Å². The minimum atomic E-state index is -1.44. The molecule has 21 heavy (non-hydrogen) atoms. The molecule has 0 radical (unpaired) electrons. The van der Waals surface area contributed by atoms with Gasteiger partial charge < -0.3 is 14.8 Å². The third-order valence-corrected chi connectivity index (χ3v) is 3.63. The summed E-state index contributed by atoms with van der Waals surface area (Å²) in [7, 11) is -1.44. The molecule has 0 aliphatic heterocycles. The summed E-state index contributed by atoms with van der Waals surface area (Å²) in [6.45, 7) is 7.45. The van der Waals surface area contributed by atoms with Crippen LogP contribution in [-0.4, -0.2) is 33.6 Å². The molecule has 0 saturated heterocycles. The molecule has 2 rings (SSSR count). The summed E-state index contributed by atoms with van der Waals surface area (Å²) in [5.41, 5.74) is 4.03. The number of rotatable bonds is 6. The normalized spacial score (nSPS) is 10.7. The van der Waals surface area contributed by atoms with Gasteiger partial charge in [0.05, 0.1) is 12.2 Å². The molecule has 0 bridgehead atoms. The zero-order chi connectivity index (χ0) is 15.4. The Balaban J connectivity index is 1.92. The first kappa shape index (κ1) is 15.6. The molecule has 0 saturated carbocycles. The number of benzene rings is 1. The molecule has 0 spiro atoms. The van der Waals surface area contributed by atoms with Crippen molar-refractivity contribution >= 4 is 12.6 Å². The number of aromatic nitrogens is 2. The van der Waals surface area contributed by atoms with Gasteiger partial charge in [0.2, 0.25) is 0 Å². The van der Waals surface area contributed by atoms with Crippen LogP contribution in [0.4, 0.5) is 0 Å². The molecule has 5 nitrogen and oxygen atoms in total. The summed E-state index contributed by atoms with van der Waals surface area (Å²) in [5, 5.41) is 22.6. The van der Waals surface area contributed by atoms with Gasteiger partial charge in [0.1, 0.15) is 12.4 Å². The second kappa shape index (κ2) is 6.78. The SMILES string of the molecule is CCc1c(C)nn(CCOc2ccc(B(O)O)cc2)c1C. The fourth-order valence-electron chi connectivity index (χ4n) is 2.45. The average molecular weight is 288 g/mol. The van der Waals surface area contributed by atoms with Crippen LogP contribution in [0.25, 0.3) is 0 Å². The molecule has 0 atom stereocenters. The summed E-state index contributed by atoms with van der Waals surface area (Å²) >= 11 is 0. The maximum absolute atomic E-state index is 9.02. The van der Waals surface area contributed by atoms with E-state index in [1.807, 2.05) is 11.6 Å². The van der Waals surface area contributed by atoms with Gasteiger partial charge >= 0.3 is 7.12 Å². The minimum Gasteiger partial charge on any atom is -0.492 e. The van der Waals surface area contributed by atoms with Gasteiger partial charge in [0, 0.05) is 5.69 Å². The Labute approximate surface area is 125 Å². The molecule has 2 aromatic rings. The lowest BCUT2D eigenvalue weighted by molar-refractivity contribution is 0.289. The second-order valence-electron chi connectivity index (χ2n) is 5.02. The minimum absolute atomic E-state index is 0.452. The van der Waals surface area contributed by atoms with Crippen LogP contribution in [0, 0.1) is 13.8 Å². The summed E-state index contributed by atoms with van der Waals surface area (Å²) in [6.07, 6.45) is 0.990. The van der Waals surface area contributed by atoms with Crippen molar-refractivity contribution < 1.29 is 14.8 Å². The molecule has 0 fully saturated rings. The number of aryl methyl sites for hydroxylation is 1. The molecule has 1 aromatic heterocycles. The van der Waals surface area contributed by atoms with Gasteiger partial charge in [-0.15, -0.1) is 0 Å². The van der Waals surface area contributed by atoms with Gasteiger partial charge in [0.15, 0.2) is 0 Å². The molecule has 112 valence electrons. The van der Waals surface area contributed by atoms with Gasteiger partial charge in [-0.05, 0) is 43.4 Å². The Hall–Kier alpha value is -1.79. The van der Waals surface area contributed by atoms with E-state index in [0.717, 1.165) is 12.1 Å². The van der Waals surface area contributed by atoms with Gasteiger partial charge in [0.25, 0.3) is 0 Å². The van der Waals surface area contributed by atoms with Crippen molar-refractivity contribution in [1.82, 2.24) is 9.78 Å². The summed E-state index contributed by atoms with van der Waals surface area (Å²) in [6, 6.07) is 6.73. The second-order valence-corrected chi connectivity index (χ2v) is 5.02. The molecule has 0 amide bonds. The Morgan fingerprint density at radius 1 is 1.19 bits per heavy atom. The van der Waals surface area contributed by atoms with E-state index >= 15 is 0 Å². The lowest BCUT2D eigenvalue weighted by atomic mass is 9.80. The van der Waals surface area contributed by atoms with E-state index in [1.165, 1.54) is 11.3 Å². The van der Waals surface area contributed by atoms with Crippen LogP contribution in [0.5, 0.6) is 5.75 Å². The molecule has 2 N–H and O–H groups in total.